The molecule has 3 aliphatic rings. The quantitative estimate of drug-likeness (QED) is 0.0401. The molecule has 0 saturated heterocycles. The second kappa shape index (κ2) is 21.2. The molecule has 5 rings (SSSR count). The summed E-state index contributed by atoms with van der Waals surface area (Å²) < 4.78 is 26.2. The summed E-state index contributed by atoms with van der Waals surface area (Å²) in [5, 5.41) is 24.2. The Morgan fingerprint density at radius 2 is 1.89 bits per heavy atom. The first-order chi connectivity index (χ1) is 26.5. The van der Waals surface area contributed by atoms with Gasteiger partial charge in [0, 0.05) is 48.3 Å². The molecule has 1 amide bonds. The number of benzene rings is 2. The highest BCUT2D eigenvalue weighted by molar-refractivity contribution is 7.99. The summed E-state index contributed by atoms with van der Waals surface area (Å²) in [5.74, 6) is 0.791. The molecule has 1 saturated carbocycles. The zero-order chi connectivity index (χ0) is 38.3. The van der Waals surface area contributed by atoms with Crippen molar-refractivity contribution in [3.63, 3.8) is 0 Å². The van der Waals surface area contributed by atoms with Gasteiger partial charge in [-0.05, 0) is 79.8 Å². The van der Waals surface area contributed by atoms with Crippen molar-refractivity contribution >= 4 is 35.2 Å². The van der Waals surface area contributed by atoms with Crippen molar-refractivity contribution in [2.75, 3.05) is 58.3 Å². The van der Waals surface area contributed by atoms with Gasteiger partial charge < -0.3 is 34.0 Å². The van der Waals surface area contributed by atoms with Gasteiger partial charge in [-0.15, -0.1) is 29.9 Å². The number of aliphatic hydroxyl groups is 2. The van der Waals surface area contributed by atoms with Crippen molar-refractivity contribution in [2.45, 2.75) is 80.9 Å². The van der Waals surface area contributed by atoms with Crippen molar-refractivity contribution in [1.82, 2.24) is 4.90 Å². The van der Waals surface area contributed by atoms with Gasteiger partial charge >= 0.3 is 6.09 Å². The van der Waals surface area contributed by atoms with E-state index in [9.17, 15) is 15.0 Å². The second-order valence-electron chi connectivity index (χ2n) is 14.0. The number of unbranched alkanes of at least 4 members (excludes halogenated alkanes) is 2. The molecule has 2 aliphatic carbocycles. The van der Waals surface area contributed by atoms with Crippen LogP contribution in [0.5, 0.6) is 11.5 Å². The summed E-state index contributed by atoms with van der Waals surface area (Å²) in [6.07, 6.45) is 9.34. The molecule has 0 spiro atoms. The fourth-order valence-corrected chi connectivity index (χ4v) is 9.34. The van der Waals surface area contributed by atoms with Crippen LogP contribution in [0, 0.1) is 17.8 Å². The predicted octanol–water partition coefficient (Wildman–Crippen LogP) is 8.21. The molecule has 54 heavy (non-hydrogen) atoms. The summed E-state index contributed by atoms with van der Waals surface area (Å²) >= 11 is 7.72. The van der Waals surface area contributed by atoms with Gasteiger partial charge in [0.05, 0.1) is 30.7 Å². The Labute approximate surface area is 329 Å². The third-order valence-corrected chi connectivity index (χ3v) is 11.7. The maximum absolute atomic E-state index is 13.9. The van der Waals surface area contributed by atoms with E-state index in [-0.39, 0.29) is 50.1 Å². The van der Waals surface area contributed by atoms with E-state index in [1.807, 2.05) is 37.3 Å². The average molecular weight is 785 g/mol. The molecule has 1 aliphatic heterocycles. The number of nitrogens with zero attached hydrogens (tertiary/aromatic N) is 2. The highest BCUT2D eigenvalue weighted by atomic mass is 35.5. The molecule has 1 fully saturated rings. The average Bonchev–Trinajstić information content (AvgIpc) is 3.19. The number of alkyl halides is 1. The molecule has 1 heterocycles. The van der Waals surface area contributed by atoms with Crippen LogP contribution in [0.1, 0.15) is 69.8 Å². The Bertz CT molecular complexity index is 1560. The van der Waals surface area contributed by atoms with Crippen LogP contribution < -0.4 is 9.47 Å². The normalized spacial score (nSPS) is 24.8. The number of rotatable bonds is 22. The Kier molecular flexibility index (Phi) is 16.4. The molecule has 0 bridgehead atoms. The van der Waals surface area contributed by atoms with E-state index in [1.165, 1.54) is 4.90 Å². The summed E-state index contributed by atoms with van der Waals surface area (Å²) in [6.45, 7) is 7.44. The van der Waals surface area contributed by atoms with E-state index >= 15 is 0 Å². The first-order valence-corrected chi connectivity index (χ1v) is 20.9. The predicted molar refractivity (Wildman–Crippen MR) is 214 cm³/mol. The van der Waals surface area contributed by atoms with Gasteiger partial charge in [-0.2, -0.15) is 0 Å². The summed E-state index contributed by atoms with van der Waals surface area (Å²) in [7, 11) is 1.54. The molecular weight excluding hydrogens is 728 g/mol. The molecule has 2 aromatic rings. The number of halogens is 1. The zero-order valence-electron chi connectivity index (χ0n) is 31.7. The summed E-state index contributed by atoms with van der Waals surface area (Å²) in [4.78, 5) is 22.3. The van der Waals surface area contributed by atoms with Crippen LogP contribution in [0.4, 0.5) is 4.79 Å². The van der Waals surface area contributed by atoms with Crippen LogP contribution in [0.15, 0.2) is 82.9 Å². The van der Waals surface area contributed by atoms with E-state index in [1.54, 1.807) is 29.8 Å². The number of carbonyl (C=O) groups excluding carboxylic acids is 1. The fourth-order valence-electron chi connectivity index (χ4n) is 8.51. The van der Waals surface area contributed by atoms with Crippen molar-refractivity contribution in [3.8, 4) is 11.5 Å². The van der Waals surface area contributed by atoms with Crippen LogP contribution in [0.2, 0.25) is 0 Å². The Morgan fingerprint density at radius 3 is 2.59 bits per heavy atom. The van der Waals surface area contributed by atoms with E-state index in [0.29, 0.717) is 44.6 Å². The summed E-state index contributed by atoms with van der Waals surface area (Å²) in [5.41, 5.74) is 2.73. The van der Waals surface area contributed by atoms with Crippen LogP contribution in [-0.2, 0) is 14.3 Å². The number of fused-ring (bicyclic) bond motifs is 2. The fraction of sp³-hybridized carbons (Fsp3) is 0.571. The smallest absolute Gasteiger partial charge is 0.410 e. The first kappa shape index (κ1) is 41.9. The van der Waals surface area contributed by atoms with Gasteiger partial charge in [0.2, 0.25) is 5.79 Å². The third kappa shape index (κ3) is 9.77. The molecule has 2 N–H and O–H groups in total. The molecule has 296 valence electrons. The number of hydrogen-bond acceptors (Lipinski definition) is 10. The lowest BCUT2D eigenvalue weighted by atomic mass is 9.55. The zero-order valence-corrected chi connectivity index (χ0v) is 33.3. The van der Waals surface area contributed by atoms with Gasteiger partial charge in [0.15, 0.2) is 0 Å². The van der Waals surface area contributed by atoms with Gasteiger partial charge in [-0.1, -0.05) is 55.3 Å². The van der Waals surface area contributed by atoms with Crippen molar-refractivity contribution in [1.29, 1.82) is 0 Å². The SMILES string of the molecule is C=CCO[C@@]12Oc3ccc(OCCSc4ccccc4)cc3[C@H]3[C@H](CCCCO)[C@@H](CCCCO)C=C(C(=NOC)C[C@@H]1N(CCC)C(=O)OCCCl)[C@H]32. The minimum atomic E-state index is -1.33. The second-order valence-corrected chi connectivity index (χ2v) is 15.5. The molecule has 10 nitrogen and oxygen atoms in total. The molecule has 6 atom stereocenters. The van der Waals surface area contributed by atoms with Crippen molar-refractivity contribution in [3.05, 3.63) is 78.4 Å². The number of allylic oxidation sites excluding steroid dienone is 1. The lowest BCUT2D eigenvalue weighted by Gasteiger charge is -2.59. The molecule has 0 aromatic heterocycles. The topological polar surface area (TPSA) is 119 Å². The van der Waals surface area contributed by atoms with Gasteiger partial charge in [0.25, 0.3) is 0 Å². The molecule has 2 aromatic carbocycles. The number of thioether (sulfide) groups is 1. The number of aliphatic hydroxyl groups excluding tert-OH is 2. The number of ether oxygens (including phenoxy) is 4. The largest absolute Gasteiger partial charge is 0.493 e. The lowest BCUT2D eigenvalue weighted by molar-refractivity contribution is -0.255. The van der Waals surface area contributed by atoms with Crippen LogP contribution in [-0.4, -0.2) is 97.1 Å². The van der Waals surface area contributed by atoms with Gasteiger partial charge in [0.1, 0.15) is 31.3 Å². The number of oxime groups is 1. The molecule has 0 radical (unpaired) electrons. The van der Waals surface area contributed by atoms with Gasteiger partial charge in [-0.3, -0.25) is 4.90 Å². The van der Waals surface area contributed by atoms with E-state index in [0.717, 1.165) is 54.0 Å². The Balaban J connectivity index is 1.66. The first-order valence-electron chi connectivity index (χ1n) is 19.4. The third-order valence-electron chi connectivity index (χ3n) is 10.6. The van der Waals surface area contributed by atoms with Crippen molar-refractivity contribution < 1.29 is 38.8 Å². The number of hydrogen-bond donors (Lipinski definition) is 2. The minimum absolute atomic E-state index is 0.0723. The molecule has 0 unspecified atom stereocenters. The van der Waals surface area contributed by atoms with Crippen LogP contribution in [0.3, 0.4) is 0 Å². The van der Waals surface area contributed by atoms with E-state index in [4.69, 9.17) is 35.4 Å². The number of amides is 1. The Morgan fingerprint density at radius 1 is 1.11 bits per heavy atom. The minimum Gasteiger partial charge on any atom is -0.493 e. The van der Waals surface area contributed by atoms with Crippen LogP contribution >= 0.6 is 23.4 Å². The standard InChI is InChI=1S/C42H57ClN2O8S/c1-4-20-45(41(48)51-24-19-43)38-29-36(44-49-3)34-27-30(13-9-11-21-46)33(16-10-12-22-47)39-35-28-31(50-25-26-54-32-14-7-6-8-15-32)17-18-37(35)53-42(38,40(34)39)52-23-5-2/h5-8,14-15,17-18,27-28,30,33,38-40,46-47H,2,4,9-13,16,19-26,29H2,1,3H3/t30-,33+,38-,39+,40+,42+/m0/s1. The number of carbonyl (C=O) groups is 1. The Hall–Kier alpha value is -3.22. The maximum atomic E-state index is 13.9. The monoisotopic (exact) mass is 784 g/mol. The van der Waals surface area contributed by atoms with Gasteiger partial charge in [-0.25, -0.2) is 4.79 Å². The highest BCUT2D eigenvalue weighted by Crippen LogP contribution is 2.62. The lowest BCUT2D eigenvalue weighted by Crippen LogP contribution is -2.70. The maximum Gasteiger partial charge on any atom is 0.410 e. The molecule has 12 heteroatoms. The van der Waals surface area contributed by atoms with Crippen LogP contribution in [0.25, 0.3) is 0 Å². The summed E-state index contributed by atoms with van der Waals surface area (Å²) in [6, 6.07) is 15.7. The van der Waals surface area contributed by atoms with E-state index in [2.05, 4.69) is 36.0 Å². The van der Waals surface area contributed by atoms with Crippen molar-refractivity contribution in [2.24, 2.45) is 22.9 Å². The highest BCUT2D eigenvalue weighted by Gasteiger charge is 2.65. The molecular formula is C42H57ClN2O8S. The van der Waals surface area contributed by atoms with E-state index < -0.39 is 23.8 Å².